The first kappa shape index (κ1) is 18.2. The van der Waals surface area contributed by atoms with Gasteiger partial charge in [-0.1, -0.05) is 18.2 Å². The predicted octanol–water partition coefficient (Wildman–Crippen LogP) is 3.58. The van der Waals surface area contributed by atoms with Crippen LogP contribution in [0.3, 0.4) is 0 Å². The van der Waals surface area contributed by atoms with Gasteiger partial charge in [0, 0.05) is 0 Å². The van der Waals surface area contributed by atoms with Gasteiger partial charge in [-0.2, -0.15) is 0 Å². The minimum absolute atomic E-state index is 0.0473. The van der Waals surface area contributed by atoms with E-state index in [0.29, 0.717) is 12.0 Å². The molecule has 0 radical (unpaired) electrons. The van der Waals surface area contributed by atoms with E-state index in [4.69, 9.17) is 9.47 Å². The number of carbonyl (C=O) groups excluding carboxylic acids is 2. The van der Waals surface area contributed by atoms with Gasteiger partial charge >= 0.3 is 12.1 Å². The highest BCUT2D eigenvalue weighted by molar-refractivity contribution is 5.89. The molecule has 0 aromatic heterocycles. The van der Waals surface area contributed by atoms with Crippen LogP contribution in [-0.2, 0) is 9.47 Å². The fraction of sp³-hybridized carbons (Fsp3) is 0.556. The summed E-state index contributed by atoms with van der Waals surface area (Å²) in [5.74, 6) is -0.470. The fourth-order valence-corrected chi connectivity index (χ4v) is 2.47. The SMILES string of the molecule is CC(C)(C)OC(=O)N1CC(F)CCC(OC(=O)c2ccccc2)C1. The van der Waals surface area contributed by atoms with Crippen molar-refractivity contribution in [1.82, 2.24) is 4.90 Å². The van der Waals surface area contributed by atoms with Crippen molar-refractivity contribution >= 4 is 12.1 Å². The van der Waals surface area contributed by atoms with Gasteiger partial charge < -0.3 is 14.4 Å². The molecular weight excluding hydrogens is 313 g/mol. The number of alkyl halides is 1. The van der Waals surface area contributed by atoms with Gasteiger partial charge in [-0.25, -0.2) is 14.0 Å². The lowest BCUT2D eigenvalue weighted by molar-refractivity contribution is 0.00319. The van der Waals surface area contributed by atoms with E-state index in [1.54, 1.807) is 51.1 Å². The first-order chi connectivity index (χ1) is 11.2. The van der Waals surface area contributed by atoms with Gasteiger partial charge in [-0.05, 0) is 45.7 Å². The average molecular weight is 337 g/mol. The largest absolute Gasteiger partial charge is 0.457 e. The van der Waals surface area contributed by atoms with E-state index in [0.717, 1.165) is 0 Å². The Balaban J connectivity index is 2.02. The molecule has 1 aromatic rings. The summed E-state index contributed by atoms with van der Waals surface area (Å²) in [6.45, 7) is 5.34. The lowest BCUT2D eigenvalue weighted by Gasteiger charge is -2.28. The second-order valence-electron chi connectivity index (χ2n) is 6.95. The highest BCUT2D eigenvalue weighted by atomic mass is 19.1. The number of benzene rings is 1. The van der Waals surface area contributed by atoms with Gasteiger partial charge in [0.05, 0.1) is 18.7 Å². The lowest BCUT2D eigenvalue weighted by Crippen LogP contribution is -2.42. The monoisotopic (exact) mass is 337 g/mol. The molecule has 2 rings (SSSR count). The molecular formula is C18H24FNO4. The molecule has 1 aliphatic rings. The molecule has 2 atom stereocenters. The quantitative estimate of drug-likeness (QED) is 0.774. The Bertz CT molecular complexity index is 570. The Morgan fingerprint density at radius 1 is 1.12 bits per heavy atom. The topological polar surface area (TPSA) is 55.8 Å². The number of hydrogen-bond donors (Lipinski definition) is 0. The summed E-state index contributed by atoms with van der Waals surface area (Å²) >= 11 is 0. The predicted molar refractivity (Wildman–Crippen MR) is 87.6 cm³/mol. The van der Waals surface area contributed by atoms with Crippen molar-refractivity contribution in [1.29, 1.82) is 0 Å². The minimum atomic E-state index is -1.15. The minimum Gasteiger partial charge on any atom is -0.457 e. The van der Waals surface area contributed by atoms with Crippen molar-refractivity contribution in [2.75, 3.05) is 13.1 Å². The first-order valence-electron chi connectivity index (χ1n) is 8.12. The number of nitrogens with zero attached hydrogens (tertiary/aromatic N) is 1. The van der Waals surface area contributed by atoms with E-state index in [9.17, 15) is 14.0 Å². The van der Waals surface area contributed by atoms with E-state index in [2.05, 4.69) is 0 Å². The third-order valence-corrected chi connectivity index (χ3v) is 3.58. The first-order valence-corrected chi connectivity index (χ1v) is 8.12. The van der Waals surface area contributed by atoms with Crippen LogP contribution < -0.4 is 0 Å². The average Bonchev–Trinajstić information content (AvgIpc) is 2.68. The second-order valence-corrected chi connectivity index (χ2v) is 6.95. The maximum Gasteiger partial charge on any atom is 0.410 e. The van der Waals surface area contributed by atoms with Crippen molar-refractivity contribution in [2.45, 2.75) is 51.5 Å². The highest BCUT2D eigenvalue weighted by Crippen LogP contribution is 2.20. The molecule has 132 valence electrons. The molecule has 0 N–H and O–H groups in total. The van der Waals surface area contributed by atoms with Gasteiger partial charge in [0.2, 0.25) is 0 Å². The van der Waals surface area contributed by atoms with E-state index in [1.807, 2.05) is 0 Å². The number of amides is 1. The van der Waals surface area contributed by atoms with Crippen molar-refractivity contribution in [3.8, 4) is 0 Å². The number of ether oxygens (including phenoxy) is 2. The van der Waals surface area contributed by atoms with E-state index in [-0.39, 0.29) is 19.5 Å². The maximum absolute atomic E-state index is 13.9. The Hall–Kier alpha value is -2.11. The Morgan fingerprint density at radius 3 is 2.42 bits per heavy atom. The zero-order valence-corrected chi connectivity index (χ0v) is 14.3. The molecule has 0 saturated carbocycles. The Labute approximate surface area is 141 Å². The zero-order valence-electron chi connectivity index (χ0n) is 14.3. The molecule has 1 aliphatic heterocycles. The number of rotatable bonds is 2. The molecule has 1 saturated heterocycles. The number of esters is 1. The molecule has 1 aromatic carbocycles. The third kappa shape index (κ3) is 5.51. The number of halogens is 1. The van der Waals surface area contributed by atoms with Crippen LogP contribution in [0.4, 0.5) is 9.18 Å². The van der Waals surface area contributed by atoms with Gasteiger partial charge in [0.15, 0.2) is 0 Å². The molecule has 2 unspecified atom stereocenters. The molecule has 24 heavy (non-hydrogen) atoms. The van der Waals surface area contributed by atoms with Crippen LogP contribution in [0.25, 0.3) is 0 Å². The van der Waals surface area contributed by atoms with Crippen LogP contribution in [0.5, 0.6) is 0 Å². The van der Waals surface area contributed by atoms with Crippen molar-refractivity contribution in [3.05, 3.63) is 35.9 Å². The number of carbonyl (C=O) groups is 2. The molecule has 1 fully saturated rings. The summed E-state index contributed by atoms with van der Waals surface area (Å²) < 4.78 is 24.7. The van der Waals surface area contributed by atoms with Crippen LogP contribution in [0, 0.1) is 0 Å². The second kappa shape index (κ2) is 7.64. The summed E-state index contributed by atoms with van der Waals surface area (Å²) in [4.78, 5) is 25.7. The molecule has 6 heteroatoms. The fourth-order valence-electron chi connectivity index (χ4n) is 2.47. The Morgan fingerprint density at radius 2 is 1.79 bits per heavy atom. The van der Waals surface area contributed by atoms with Crippen LogP contribution in [0.1, 0.15) is 44.0 Å². The summed E-state index contributed by atoms with van der Waals surface area (Å²) in [5.41, 5.74) is -0.229. The van der Waals surface area contributed by atoms with Crippen LogP contribution in [0.15, 0.2) is 30.3 Å². The molecule has 5 nitrogen and oxygen atoms in total. The van der Waals surface area contributed by atoms with Gasteiger partial charge in [0.25, 0.3) is 0 Å². The smallest absolute Gasteiger partial charge is 0.410 e. The molecule has 1 amide bonds. The third-order valence-electron chi connectivity index (χ3n) is 3.58. The van der Waals surface area contributed by atoms with Crippen molar-refractivity contribution in [3.63, 3.8) is 0 Å². The van der Waals surface area contributed by atoms with E-state index >= 15 is 0 Å². The van der Waals surface area contributed by atoms with E-state index < -0.39 is 29.9 Å². The Kier molecular flexibility index (Phi) is 5.80. The highest BCUT2D eigenvalue weighted by Gasteiger charge is 2.31. The summed E-state index contributed by atoms with van der Waals surface area (Å²) in [6.07, 6.45) is -1.68. The van der Waals surface area contributed by atoms with Crippen LogP contribution >= 0.6 is 0 Å². The number of hydrogen-bond acceptors (Lipinski definition) is 4. The van der Waals surface area contributed by atoms with E-state index in [1.165, 1.54) is 4.90 Å². The summed E-state index contributed by atoms with van der Waals surface area (Å²) in [6, 6.07) is 8.61. The molecule has 0 aliphatic carbocycles. The van der Waals surface area contributed by atoms with Crippen molar-refractivity contribution in [2.24, 2.45) is 0 Å². The zero-order chi connectivity index (χ0) is 17.7. The maximum atomic E-state index is 13.9. The summed E-state index contributed by atoms with van der Waals surface area (Å²) in [7, 11) is 0. The molecule has 1 heterocycles. The van der Waals surface area contributed by atoms with Gasteiger partial charge in [0.1, 0.15) is 17.9 Å². The molecule has 0 bridgehead atoms. The van der Waals surface area contributed by atoms with Crippen LogP contribution in [0.2, 0.25) is 0 Å². The normalized spacial score (nSPS) is 21.8. The lowest BCUT2D eigenvalue weighted by atomic mass is 10.1. The standard InChI is InChI=1S/C18H24FNO4/c1-18(2,3)24-17(22)20-11-14(19)9-10-15(12-20)23-16(21)13-7-5-4-6-8-13/h4-8,14-15H,9-12H2,1-3H3. The summed E-state index contributed by atoms with van der Waals surface area (Å²) in [5, 5.41) is 0. The van der Waals surface area contributed by atoms with Crippen LogP contribution in [-0.4, -0.2) is 47.9 Å². The number of likely N-dealkylation sites (tertiary alicyclic amines) is 1. The van der Waals surface area contributed by atoms with Gasteiger partial charge in [-0.15, -0.1) is 0 Å². The van der Waals surface area contributed by atoms with Crippen molar-refractivity contribution < 1.29 is 23.5 Å². The van der Waals surface area contributed by atoms with Gasteiger partial charge in [-0.3, -0.25) is 0 Å². The molecule has 0 spiro atoms.